The monoisotopic (exact) mass is 482 g/mol. The third kappa shape index (κ3) is 7.18. The van der Waals surface area contributed by atoms with Crippen LogP contribution in [-0.4, -0.2) is 34.7 Å². The molecule has 2 N–H and O–H groups in total. The highest BCUT2D eigenvalue weighted by Gasteiger charge is 2.07. The van der Waals surface area contributed by atoms with Crippen molar-refractivity contribution in [2.45, 2.75) is 0 Å². The number of anilines is 1. The van der Waals surface area contributed by atoms with E-state index in [1.54, 1.807) is 59.8 Å². The molecule has 5 nitrogen and oxygen atoms in total. The van der Waals surface area contributed by atoms with Gasteiger partial charge in [-0.15, -0.1) is 0 Å². The van der Waals surface area contributed by atoms with Crippen LogP contribution in [0.4, 0.5) is 5.95 Å². The van der Waals surface area contributed by atoms with Gasteiger partial charge in [0.25, 0.3) is 0 Å². The number of benzene rings is 2. The molecule has 0 saturated carbocycles. The molecule has 1 aromatic heterocycles. The van der Waals surface area contributed by atoms with Crippen LogP contribution in [0.3, 0.4) is 0 Å². The SMILES string of the molecule is CN(C)/C=C/C(=O)c1ccc(Cl)cc1Cl.Nc1nccc(-c2ccc(Cl)cc2Cl)n1. The highest BCUT2D eigenvalue weighted by atomic mass is 35.5. The quantitative estimate of drug-likeness (QED) is 0.349. The Morgan fingerprint density at radius 1 is 0.967 bits per heavy atom. The number of halogens is 4. The van der Waals surface area contributed by atoms with E-state index in [0.29, 0.717) is 31.3 Å². The van der Waals surface area contributed by atoms with Crippen molar-refractivity contribution >= 4 is 58.1 Å². The number of rotatable bonds is 4. The number of nitrogens with zero attached hydrogens (tertiary/aromatic N) is 3. The van der Waals surface area contributed by atoms with Crippen molar-refractivity contribution in [3.8, 4) is 11.3 Å². The summed E-state index contributed by atoms with van der Waals surface area (Å²) >= 11 is 23.4. The minimum atomic E-state index is -0.134. The number of nitrogens with two attached hydrogens (primary N) is 1. The van der Waals surface area contributed by atoms with E-state index in [1.807, 2.05) is 14.1 Å². The lowest BCUT2D eigenvalue weighted by Gasteiger charge is -2.04. The fourth-order valence-electron chi connectivity index (χ4n) is 2.22. The van der Waals surface area contributed by atoms with Crippen LogP contribution in [0.15, 0.2) is 60.9 Å². The molecule has 0 unspecified atom stereocenters. The first-order valence-corrected chi connectivity index (χ1v) is 10.1. The molecule has 1 heterocycles. The van der Waals surface area contributed by atoms with Gasteiger partial charge in [0.15, 0.2) is 5.78 Å². The number of hydrogen-bond donors (Lipinski definition) is 1. The van der Waals surface area contributed by atoms with E-state index in [4.69, 9.17) is 52.1 Å². The summed E-state index contributed by atoms with van der Waals surface area (Å²) in [6.07, 6.45) is 4.73. The van der Waals surface area contributed by atoms with Crippen LogP contribution in [0.25, 0.3) is 11.3 Å². The first kappa shape index (κ1) is 24.0. The Morgan fingerprint density at radius 2 is 1.60 bits per heavy atom. The molecule has 0 aliphatic rings. The number of carbonyl (C=O) groups excluding carboxylic acids is 1. The predicted octanol–water partition coefficient (Wildman–Crippen LogP) is 6.28. The second kappa shape index (κ2) is 11.2. The van der Waals surface area contributed by atoms with Crippen LogP contribution in [0.5, 0.6) is 0 Å². The number of aromatic nitrogens is 2. The molecule has 30 heavy (non-hydrogen) atoms. The Bertz CT molecular complexity index is 1070. The fraction of sp³-hybridized carbons (Fsp3) is 0.0952. The Labute approximate surface area is 195 Å². The first-order valence-electron chi connectivity index (χ1n) is 8.55. The van der Waals surface area contributed by atoms with Crippen LogP contribution in [0.1, 0.15) is 10.4 Å². The number of ketones is 1. The number of hydrogen-bond acceptors (Lipinski definition) is 5. The van der Waals surface area contributed by atoms with Crippen molar-refractivity contribution < 1.29 is 4.79 Å². The van der Waals surface area contributed by atoms with Crippen LogP contribution >= 0.6 is 46.4 Å². The Hall–Kier alpha value is -2.31. The summed E-state index contributed by atoms with van der Waals surface area (Å²) in [5.74, 6) is 0.0869. The van der Waals surface area contributed by atoms with E-state index in [-0.39, 0.29) is 11.7 Å². The molecule has 2 aromatic carbocycles. The Kier molecular flexibility index (Phi) is 8.93. The van der Waals surface area contributed by atoms with Gasteiger partial charge in [-0.05, 0) is 42.5 Å². The molecule has 0 atom stereocenters. The molecule has 0 bridgehead atoms. The molecule has 0 spiro atoms. The molecule has 0 amide bonds. The van der Waals surface area contributed by atoms with Crippen molar-refractivity contribution in [1.29, 1.82) is 0 Å². The molecule has 0 aliphatic heterocycles. The molecule has 3 rings (SSSR count). The number of nitrogen functional groups attached to an aromatic ring is 1. The van der Waals surface area contributed by atoms with Gasteiger partial charge in [-0.25, -0.2) is 9.97 Å². The highest BCUT2D eigenvalue weighted by molar-refractivity contribution is 6.37. The van der Waals surface area contributed by atoms with Gasteiger partial charge in [0, 0.05) is 53.7 Å². The van der Waals surface area contributed by atoms with E-state index in [2.05, 4.69) is 9.97 Å². The summed E-state index contributed by atoms with van der Waals surface area (Å²) in [6, 6.07) is 11.8. The lowest BCUT2D eigenvalue weighted by molar-refractivity contribution is 0.104. The zero-order chi connectivity index (χ0) is 22.3. The van der Waals surface area contributed by atoms with E-state index in [1.165, 1.54) is 6.08 Å². The van der Waals surface area contributed by atoms with E-state index >= 15 is 0 Å². The normalized spacial score (nSPS) is 10.5. The van der Waals surface area contributed by atoms with Gasteiger partial charge in [-0.2, -0.15) is 0 Å². The van der Waals surface area contributed by atoms with E-state index < -0.39 is 0 Å². The number of carbonyl (C=O) groups is 1. The second-order valence-electron chi connectivity index (χ2n) is 6.19. The van der Waals surface area contributed by atoms with Crippen molar-refractivity contribution in [1.82, 2.24) is 14.9 Å². The average Bonchev–Trinajstić information content (AvgIpc) is 2.66. The minimum absolute atomic E-state index is 0.134. The van der Waals surface area contributed by atoms with Gasteiger partial charge >= 0.3 is 0 Å². The van der Waals surface area contributed by atoms with Gasteiger partial charge in [-0.1, -0.05) is 46.4 Å². The fourth-order valence-corrected chi connectivity index (χ4v) is 3.22. The minimum Gasteiger partial charge on any atom is -0.383 e. The van der Waals surface area contributed by atoms with E-state index in [0.717, 1.165) is 5.56 Å². The van der Waals surface area contributed by atoms with Crippen molar-refractivity contribution in [2.24, 2.45) is 0 Å². The Morgan fingerprint density at radius 3 is 2.17 bits per heavy atom. The maximum absolute atomic E-state index is 11.6. The van der Waals surface area contributed by atoms with Crippen LogP contribution in [0.2, 0.25) is 20.1 Å². The average molecular weight is 484 g/mol. The summed E-state index contributed by atoms with van der Waals surface area (Å²) < 4.78 is 0. The largest absolute Gasteiger partial charge is 0.383 e. The molecule has 0 aliphatic carbocycles. The summed E-state index contributed by atoms with van der Waals surface area (Å²) in [7, 11) is 3.68. The molecule has 156 valence electrons. The molecule has 0 radical (unpaired) electrons. The summed E-state index contributed by atoms with van der Waals surface area (Å²) in [4.78, 5) is 21.3. The predicted molar refractivity (Wildman–Crippen MR) is 126 cm³/mol. The Balaban J connectivity index is 0.000000214. The smallest absolute Gasteiger partial charge is 0.220 e. The van der Waals surface area contributed by atoms with Gasteiger partial charge in [-0.3, -0.25) is 4.79 Å². The molecular weight excluding hydrogens is 466 g/mol. The third-order valence-electron chi connectivity index (χ3n) is 3.60. The standard InChI is InChI=1S/C11H11Cl2NO.C10H7Cl2N3/c1-14(2)6-5-11(15)9-4-3-8(12)7-10(9)13;11-6-1-2-7(8(12)5-6)9-3-4-14-10(13)15-9/h3-7H,1-2H3;1-5H,(H2,13,14,15)/b6-5+;. The van der Waals surface area contributed by atoms with Crippen molar-refractivity contribution in [2.75, 3.05) is 19.8 Å². The molecule has 9 heteroatoms. The highest BCUT2D eigenvalue weighted by Crippen LogP contribution is 2.29. The maximum atomic E-state index is 11.6. The lowest BCUT2D eigenvalue weighted by Crippen LogP contribution is -2.03. The van der Waals surface area contributed by atoms with Crippen molar-refractivity contribution in [3.05, 3.63) is 86.6 Å². The third-order valence-corrected chi connectivity index (χ3v) is 4.70. The summed E-state index contributed by atoms with van der Waals surface area (Å²) in [5.41, 5.74) is 7.41. The van der Waals surface area contributed by atoms with Crippen LogP contribution < -0.4 is 5.73 Å². The zero-order valence-electron chi connectivity index (χ0n) is 16.1. The second-order valence-corrected chi connectivity index (χ2v) is 7.88. The van der Waals surface area contributed by atoms with Crippen molar-refractivity contribution in [3.63, 3.8) is 0 Å². The first-order chi connectivity index (χ1) is 14.2. The van der Waals surface area contributed by atoms with Gasteiger partial charge in [0.05, 0.1) is 15.7 Å². The summed E-state index contributed by atoms with van der Waals surface area (Å²) in [6.45, 7) is 0. The maximum Gasteiger partial charge on any atom is 0.220 e. The topological polar surface area (TPSA) is 72.1 Å². The molecular formula is C21H18Cl4N4O. The molecule has 0 saturated heterocycles. The lowest BCUT2D eigenvalue weighted by atomic mass is 10.1. The van der Waals surface area contributed by atoms with E-state index in [9.17, 15) is 4.79 Å². The number of allylic oxidation sites excluding steroid dienone is 1. The van der Waals surface area contributed by atoms with Crippen LogP contribution in [-0.2, 0) is 0 Å². The van der Waals surface area contributed by atoms with Gasteiger partial charge in [0.1, 0.15) is 0 Å². The van der Waals surface area contributed by atoms with Crippen LogP contribution in [0, 0.1) is 0 Å². The van der Waals surface area contributed by atoms with Gasteiger partial charge < -0.3 is 10.6 Å². The molecule has 3 aromatic rings. The zero-order valence-corrected chi connectivity index (χ0v) is 19.1. The molecule has 0 fully saturated rings. The van der Waals surface area contributed by atoms with Gasteiger partial charge in [0.2, 0.25) is 5.95 Å². The summed E-state index contributed by atoms with van der Waals surface area (Å²) in [5, 5.41) is 2.02.